The minimum absolute atomic E-state index is 0.0173. The van der Waals surface area contributed by atoms with Crippen LogP contribution in [0, 0.1) is 0 Å². The molecule has 2 fully saturated rings. The third-order valence-electron chi connectivity index (χ3n) is 6.50. The van der Waals surface area contributed by atoms with Crippen molar-refractivity contribution >= 4 is 29.2 Å². The van der Waals surface area contributed by atoms with E-state index in [0.29, 0.717) is 23.6 Å². The summed E-state index contributed by atoms with van der Waals surface area (Å²) in [7, 11) is 0. The van der Waals surface area contributed by atoms with Crippen LogP contribution in [0.3, 0.4) is 0 Å². The van der Waals surface area contributed by atoms with Gasteiger partial charge >= 0.3 is 0 Å². The Morgan fingerprint density at radius 1 is 1.11 bits per heavy atom. The van der Waals surface area contributed by atoms with Crippen LogP contribution in [0.25, 0.3) is 11.1 Å². The molecule has 7 nitrogen and oxygen atoms in total. The molecule has 3 unspecified atom stereocenters. The van der Waals surface area contributed by atoms with Gasteiger partial charge in [0.05, 0.1) is 11.7 Å². The second-order valence-corrected chi connectivity index (χ2v) is 9.16. The van der Waals surface area contributed by atoms with Gasteiger partial charge in [0.15, 0.2) is 5.78 Å². The first-order valence-corrected chi connectivity index (χ1v) is 11.9. The maximum absolute atomic E-state index is 13.7. The maximum Gasteiger partial charge on any atom is 0.254 e. The van der Waals surface area contributed by atoms with Crippen molar-refractivity contribution in [2.45, 2.75) is 31.0 Å². The van der Waals surface area contributed by atoms with E-state index in [4.69, 9.17) is 16.3 Å². The molecule has 2 aromatic carbocycles. The largest absolute Gasteiger partial charge is 0.368 e. The maximum atomic E-state index is 13.7. The van der Waals surface area contributed by atoms with Gasteiger partial charge in [0.1, 0.15) is 18.7 Å². The molecule has 1 aromatic heterocycles. The van der Waals surface area contributed by atoms with E-state index in [1.54, 1.807) is 29.3 Å². The highest BCUT2D eigenvalue weighted by Crippen LogP contribution is 2.28. The Labute approximate surface area is 208 Å². The molecule has 8 heteroatoms. The summed E-state index contributed by atoms with van der Waals surface area (Å²) in [5.41, 5.74) is 2.80. The average molecular weight is 490 g/mol. The smallest absolute Gasteiger partial charge is 0.254 e. The molecule has 2 amide bonds. The van der Waals surface area contributed by atoms with Crippen molar-refractivity contribution in [2.75, 3.05) is 13.2 Å². The summed E-state index contributed by atoms with van der Waals surface area (Å²) < 4.78 is 5.54. The van der Waals surface area contributed by atoms with Crippen LogP contribution >= 0.6 is 11.6 Å². The summed E-state index contributed by atoms with van der Waals surface area (Å²) in [6.45, 7) is 0.429. The van der Waals surface area contributed by atoms with Crippen LogP contribution in [-0.4, -0.2) is 58.8 Å². The fourth-order valence-electron chi connectivity index (χ4n) is 4.78. The Morgan fingerprint density at radius 3 is 2.66 bits per heavy atom. The number of nitrogens with zero attached hydrogens (tertiary/aromatic N) is 2. The molecular formula is C27H24ClN3O4. The molecule has 5 rings (SSSR count). The molecule has 2 aliphatic rings. The lowest BCUT2D eigenvalue weighted by Crippen LogP contribution is -2.53. The van der Waals surface area contributed by atoms with Gasteiger partial charge in [0.2, 0.25) is 5.91 Å². The van der Waals surface area contributed by atoms with E-state index in [0.717, 1.165) is 16.7 Å². The van der Waals surface area contributed by atoms with Crippen molar-refractivity contribution in [3.05, 3.63) is 89.2 Å². The van der Waals surface area contributed by atoms with Crippen LogP contribution in [0.15, 0.2) is 73.1 Å². The first-order valence-electron chi connectivity index (χ1n) is 11.5. The monoisotopic (exact) mass is 489 g/mol. The zero-order chi connectivity index (χ0) is 24.4. The van der Waals surface area contributed by atoms with Crippen molar-refractivity contribution in [3.8, 4) is 11.1 Å². The van der Waals surface area contributed by atoms with Crippen molar-refractivity contribution in [3.63, 3.8) is 0 Å². The lowest BCUT2D eigenvalue weighted by atomic mass is 10.00. The number of ether oxygens (including phenoxy) is 1. The Morgan fingerprint density at radius 2 is 1.89 bits per heavy atom. The molecule has 3 atom stereocenters. The minimum atomic E-state index is -0.875. The number of fused-ring (bicyclic) bond motifs is 1. The molecule has 0 spiro atoms. The van der Waals surface area contributed by atoms with Crippen molar-refractivity contribution in [1.82, 2.24) is 15.2 Å². The highest BCUT2D eigenvalue weighted by molar-refractivity contribution is 6.30. The first-order chi connectivity index (χ1) is 17.0. The Hall–Kier alpha value is -3.55. The summed E-state index contributed by atoms with van der Waals surface area (Å²) in [5, 5.41) is 3.51. The number of pyridine rings is 1. The number of hydrogen-bond donors (Lipinski definition) is 1. The molecule has 0 bridgehead atoms. The van der Waals surface area contributed by atoms with Gasteiger partial charge in [0, 0.05) is 30.4 Å². The SMILES string of the molecule is O=C(NC(Cc1ccc(Cl)cc1)C(=O)N1CCC2OCC(=O)C21)c1cnccc1-c1ccccc1. The Balaban J connectivity index is 1.44. The molecule has 1 N–H and O–H groups in total. The van der Waals surface area contributed by atoms with Crippen LogP contribution in [0.1, 0.15) is 22.3 Å². The van der Waals surface area contributed by atoms with Gasteiger partial charge in [-0.3, -0.25) is 19.4 Å². The lowest BCUT2D eigenvalue weighted by molar-refractivity contribution is -0.138. The predicted molar refractivity (Wildman–Crippen MR) is 131 cm³/mol. The lowest BCUT2D eigenvalue weighted by Gasteiger charge is -2.28. The zero-order valence-corrected chi connectivity index (χ0v) is 19.6. The number of halogens is 1. The molecule has 35 heavy (non-hydrogen) atoms. The predicted octanol–water partition coefficient (Wildman–Crippen LogP) is 3.31. The van der Waals surface area contributed by atoms with Crippen LogP contribution < -0.4 is 5.32 Å². The van der Waals surface area contributed by atoms with Gasteiger partial charge in [0.25, 0.3) is 5.91 Å². The van der Waals surface area contributed by atoms with Crippen LogP contribution in [-0.2, 0) is 20.7 Å². The van der Waals surface area contributed by atoms with Gasteiger partial charge in [-0.1, -0.05) is 54.1 Å². The highest BCUT2D eigenvalue weighted by Gasteiger charge is 2.48. The van der Waals surface area contributed by atoms with Crippen LogP contribution in [0.4, 0.5) is 0 Å². The summed E-state index contributed by atoms with van der Waals surface area (Å²) >= 11 is 6.03. The van der Waals surface area contributed by atoms with Gasteiger partial charge in [-0.25, -0.2) is 0 Å². The second-order valence-electron chi connectivity index (χ2n) is 8.72. The van der Waals surface area contributed by atoms with Gasteiger partial charge in [-0.2, -0.15) is 0 Å². The van der Waals surface area contributed by atoms with Crippen LogP contribution in [0.5, 0.6) is 0 Å². The first kappa shape index (κ1) is 23.2. The van der Waals surface area contributed by atoms with Gasteiger partial charge < -0.3 is 15.0 Å². The number of rotatable bonds is 6. The van der Waals surface area contributed by atoms with Crippen molar-refractivity contribution in [2.24, 2.45) is 0 Å². The summed E-state index contributed by atoms with van der Waals surface area (Å²) in [5.74, 6) is -0.810. The van der Waals surface area contributed by atoms with E-state index >= 15 is 0 Å². The van der Waals surface area contributed by atoms with Crippen molar-refractivity contribution in [1.29, 1.82) is 0 Å². The molecule has 3 aromatic rings. The summed E-state index contributed by atoms with van der Waals surface area (Å²) in [6.07, 6.45) is 3.71. The quantitative estimate of drug-likeness (QED) is 0.574. The zero-order valence-electron chi connectivity index (χ0n) is 18.9. The van der Waals surface area contributed by atoms with E-state index in [1.807, 2.05) is 42.5 Å². The third-order valence-corrected chi connectivity index (χ3v) is 6.75. The number of carbonyl (C=O) groups excluding carboxylic acids is 3. The normalized spacial score (nSPS) is 19.9. The fourth-order valence-corrected chi connectivity index (χ4v) is 4.90. The number of nitrogens with one attached hydrogen (secondary N) is 1. The topological polar surface area (TPSA) is 88.6 Å². The van der Waals surface area contributed by atoms with Gasteiger partial charge in [-0.05, 0) is 41.3 Å². The van der Waals surface area contributed by atoms with Gasteiger partial charge in [-0.15, -0.1) is 0 Å². The number of carbonyl (C=O) groups is 3. The number of benzene rings is 2. The number of likely N-dealkylation sites (tertiary alicyclic amines) is 1. The molecule has 0 radical (unpaired) electrons. The van der Waals surface area contributed by atoms with E-state index in [-0.39, 0.29) is 30.8 Å². The number of ketones is 1. The number of amides is 2. The standard InChI is InChI=1S/C27H24ClN3O4/c28-19-8-6-17(7-9-19)14-22(27(34)31-13-11-24-25(31)23(32)16-35-24)30-26(33)21-15-29-12-10-20(21)18-4-2-1-3-5-18/h1-10,12,15,22,24-25H,11,13-14,16H2,(H,30,33). The number of aromatic nitrogens is 1. The summed E-state index contributed by atoms with van der Waals surface area (Å²) in [6, 6.07) is 17.0. The molecular weight excluding hydrogens is 466 g/mol. The number of hydrogen-bond acceptors (Lipinski definition) is 5. The van der Waals surface area contributed by atoms with E-state index in [2.05, 4.69) is 10.3 Å². The molecule has 0 saturated carbocycles. The molecule has 0 aliphatic carbocycles. The minimum Gasteiger partial charge on any atom is -0.368 e. The van der Waals surface area contributed by atoms with E-state index in [9.17, 15) is 14.4 Å². The van der Waals surface area contributed by atoms with Crippen LogP contribution in [0.2, 0.25) is 5.02 Å². The third kappa shape index (κ3) is 4.83. The molecule has 178 valence electrons. The average Bonchev–Trinajstić information content (AvgIpc) is 3.48. The second kappa shape index (κ2) is 9.98. The number of Topliss-reactive ketones (excluding diaryl/α,β-unsaturated/α-hetero) is 1. The molecule has 3 heterocycles. The highest BCUT2D eigenvalue weighted by atomic mass is 35.5. The Bertz CT molecular complexity index is 1250. The Kier molecular flexibility index (Phi) is 6.61. The fraction of sp³-hybridized carbons (Fsp3) is 0.259. The molecule has 2 aliphatic heterocycles. The molecule has 2 saturated heterocycles. The van der Waals surface area contributed by atoms with Crippen molar-refractivity contribution < 1.29 is 19.1 Å². The van der Waals surface area contributed by atoms with E-state index < -0.39 is 18.0 Å². The van der Waals surface area contributed by atoms with E-state index in [1.165, 1.54) is 6.20 Å². The summed E-state index contributed by atoms with van der Waals surface area (Å²) in [4.78, 5) is 45.3.